The van der Waals surface area contributed by atoms with Crippen LogP contribution >= 0.6 is 11.8 Å². The molecule has 0 aliphatic heterocycles. The molecule has 0 spiro atoms. The zero-order valence-electron chi connectivity index (χ0n) is 15.1. The number of aryl methyl sites for hydroxylation is 1. The van der Waals surface area contributed by atoms with Crippen molar-refractivity contribution in [1.29, 1.82) is 0 Å². The van der Waals surface area contributed by atoms with Gasteiger partial charge in [0.2, 0.25) is 5.16 Å². The second kappa shape index (κ2) is 6.63. The number of H-pyrrole nitrogens is 1. The van der Waals surface area contributed by atoms with Crippen LogP contribution in [-0.2, 0) is 0 Å². The molecule has 10 nitrogen and oxygen atoms in total. The van der Waals surface area contributed by atoms with Gasteiger partial charge in [0.15, 0.2) is 16.6 Å². The number of aromatic amines is 1. The van der Waals surface area contributed by atoms with E-state index in [-0.39, 0.29) is 5.56 Å². The molecule has 4 aromatic heterocycles. The van der Waals surface area contributed by atoms with Crippen molar-refractivity contribution >= 4 is 22.8 Å². The first-order chi connectivity index (χ1) is 14.1. The number of para-hydroxylation sites is 1. The molecule has 0 bridgehead atoms. The maximum Gasteiger partial charge on any atom is 0.262 e. The summed E-state index contributed by atoms with van der Waals surface area (Å²) in [5.41, 5.74) is 1.69. The van der Waals surface area contributed by atoms with Crippen LogP contribution in [-0.4, -0.2) is 34.6 Å². The Hall–Kier alpha value is -3.86. The Labute approximate surface area is 167 Å². The van der Waals surface area contributed by atoms with Crippen LogP contribution in [0.25, 0.3) is 28.1 Å². The number of hydrogen-bond donors (Lipinski definition) is 2. The molecule has 0 aliphatic carbocycles. The van der Waals surface area contributed by atoms with Gasteiger partial charge in [0.25, 0.3) is 5.56 Å². The molecular weight excluding hydrogens is 392 g/mol. The van der Waals surface area contributed by atoms with E-state index in [2.05, 4.69) is 25.3 Å². The third-order valence-corrected chi connectivity index (χ3v) is 5.22. The highest BCUT2D eigenvalue weighted by atomic mass is 32.2. The first-order valence-electron chi connectivity index (χ1n) is 8.58. The zero-order chi connectivity index (χ0) is 20.0. The summed E-state index contributed by atoms with van der Waals surface area (Å²) in [5.74, 6) is 7.29. The fraction of sp³-hybridized carbons (Fsp3) is 0.0556. The number of rotatable bonds is 4. The van der Waals surface area contributed by atoms with Crippen LogP contribution in [0.1, 0.15) is 5.76 Å². The summed E-state index contributed by atoms with van der Waals surface area (Å²) in [5, 5.41) is 13.6. The Kier molecular flexibility index (Phi) is 3.95. The Balaban J connectivity index is 1.56. The first kappa shape index (κ1) is 17.3. The number of nitrogens with zero attached hydrogens (tertiary/aromatic N) is 6. The summed E-state index contributed by atoms with van der Waals surface area (Å²) >= 11 is 1.10. The summed E-state index contributed by atoms with van der Waals surface area (Å²) < 4.78 is 8.25. The first-order valence-corrected chi connectivity index (χ1v) is 9.40. The minimum Gasteiger partial charge on any atom is -0.469 e. The van der Waals surface area contributed by atoms with Gasteiger partial charge in [0.05, 0.1) is 23.7 Å². The second-order valence-electron chi connectivity index (χ2n) is 6.17. The Morgan fingerprint density at radius 3 is 2.76 bits per heavy atom. The number of hydrogen-bond acceptors (Lipinski definition) is 8. The summed E-state index contributed by atoms with van der Waals surface area (Å²) in [4.78, 5) is 19.8. The van der Waals surface area contributed by atoms with E-state index >= 15 is 0 Å². The zero-order valence-corrected chi connectivity index (χ0v) is 15.9. The van der Waals surface area contributed by atoms with Gasteiger partial charge < -0.3 is 15.2 Å². The van der Waals surface area contributed by atoms with Gasteiger partial charge in [-0.3, -0.25) is 4.79 Å². The van der Waals surface area contributed by atoms with Gasteiger partial charge in [-0.15, -0.1) is 10.2 Å². The number of nitrogen functional groups attached to an aromatic ring is 1. The predicted octanol–water partition coefficient (Wildman–Crippen LogP) is 2.13. The third-order valence-electron chi connectivity index (χ3n) is 4.37. The highest BCUT2D eigenvalue weighted by Gasteiger charge is 2.18. The van der Waals surface area contributed by atoms with E-state index in [1.165, 1.54) is 10.9 Å². The van der Waals surface area contributed by atoms with Crippen molar-refractivity contribution in [1.82, 2.24) is 34.6 Å². The van der Waals surface area contributed by atoms with E-state index < -0.39 is 0 Å². The molecule has 0 saturated carbocycles. The SMILES string of the molecule is Cc1occc1-c1nnc(Sc2nc3c(cnn3-c3ccccc3)c(=O)[nH]2)n1N. The normalized spacial score (nSPS) is 11.3. The molecular formula is C18H14N8O2S. The van der Waals surface area contributed by atoms with Gasteiger partial charge in [0.1, 0.15) is 11.1 Å². The van der Waals surface area contributed by atoms with Crippen molar-refractivity contribution < 1.29 is 4.42 Å². The standard InChI is InChI=1S/C18H14N8O2S/c1-10-12(7-8-28-10)15-23-24-18(25(15)19)29-17-21-14-13(16(27)22-17)9-20-26(14)11-5-3-2-4-6-11/h2-9H,19H2,1H3,(H,21,22,27). The van der Waals surface area contributed by atoms with Crippen LogP contribution < -0.4 is 11.4 Å². The lowest BCUT2D eigenvalue weighted by Crippen LogP contribution is -2.13. The quantitative estimate of drug-likeness (QED) is 0.342. The number of nitrogens with one attached hydrogen (secondary N) is 1. The smallest absolute Gasteiger partial charge is 0.262 e. The molecule has 4 heterocycles. The van der Waals surface area contributed by atoms with Gasteiger partial charge in [-0.05, 0) is 36.9 Å². The number of aromatic nitrogens is 7. The third kappa shape index (κ3) is 2.88. The highest BCUT2D eigenvalue weighted by Crippen LogP contribution is 2.28. The highest BCUT2D eigenvalue weighted by molar-refractivity contribution is 7.99. The molecule has 5 aromatic rings. The summed E-state index contributed by atoms with van der Waals surface area (Å²) in [6.45, 7) is 1.81. The van der Waals surface area contributed by atoms with Crippen LogP contribution in [0.5, 0.6) is 0 Å². The molecule has 0 amide bonds. The van der Waals surface area contributed by atoms with E-state index in [9.17, 15) is 4.79 Å². The van der Waals surface area contributed by atoms with Crippen LogP contribution in [0.3, 0.4) is 0 Å². The molecule has 0 fully saturated rings. The largest absolute Gasteiger partial charge is 0.469 e. The van der Waals surface area contributed by atoms with E-state index in [0.29, 0.717) is 32.9 Å². The minimum absolute atomic E-state index is 0.298. The maximum absolute atomic E-state index is 12.5. The molecule has 0 aliphatic rings. The van der Waals surface area contributed by atoms with E-state index in [1.807, 2.05) is 37.3 Å². The van der Waals surface area contributed by atoms with Gasteiger partial charge in [0, 0.05) is 0 Å². The molecule has 0 radical (unpaired) electrons. The fourth-order valence-corrected chi connectivity index (χ4v) is 3.65. The lowest BCUT2D eigenvalue weighted by atomic mass is 10.2. The van der Waals surface area contributed by atoms with Crippen LogP contribution in [0.2, 0.25) is 0 Å². The number of benzene rings is 1. The van der Waals surface area contributed by atoms with Crippen LogP contribution in [0.15, 0.2) is 68.4 Å². The van der Waals surface area contributed by atoms with Crippen molar-refractivity contribution in [3.05, 3.63) is 65.0 Å². The minimum atomic E-state index is -0.298. The summed E-state index contributed by atoms with van der Waals surface area (Å²) in [6, 6.07) is 11.2. The lowest BCUT2D eigenvalue weighted by molar-refractivity contribution is 0.535. The van der Waals surface area contributed by atoms with E-state index in [1.54, 1.807) is 17.0 Å². The number of furan rings is 1. The Morgan fingerprint density at radius 1 is 1.17 bits per heavy atom. The van der Waals surface area contributed by atoms with Gasteiger partial charge in [-0.1, -0.05) is 18.2 Å². The van der Waals surface area contributed by atoms with Crippen molar-refractivity contribution in [3.8, 4) is 17.1 Å². The van der Waals surface area contributed by atoms with E-state index in [0.717, 1.165) is 23.0 Å². The van der Waals surface area contributed by atoms with Gasteiger partial charge >= 0.3 is 0 Å². The van der Waals surface area contributed by atoms with E-state index in [4.69, 9.17) is 10.3 Å². The lowest BCUT2D eigenvalue weighted by Gasteiger charge is -2.04. The molecule has 29 heavy (non-hydrogen) atoms. The molecule has 0 saturated heterocycles. The molecule has 0 unspecified atom stereocenters. The van der Waals surface area contributed by atoms with Crippen molar-refractivity contribution in [2.75, 3.05) is 5.84 Å². The maximum atomic E-state index is 12.5. The molecule has 144 valence electrons. The molecule has 1 aromatic carbocycles. The second-order valence-corrected chi connectivity index (χ2v) is 7.12. The summed E-state index contributed by atoms with van der Waals surface area (Å²) in [7, 11) is 0. The summed E-state index contributed by atoms with van der Waals surface area (Å²) in [6.07, 6.45) is 3.05. The average Bonchev–Trinajstić information content (AvgIpc) is 3.42. The predicted molar refractivity (Wildman–Crippen MR) is 106 cm³/mol. The van der Waals surface area contributed by atoms with Crippen molar-refractivity contribution in [2.24, 2.45) is 0 Å². The topological polar surface area (TPSA) is 133 Å². The molecule has 3 N–H and O–H groups in total. The average molecular weight is 406 g/mol. The monoisotopic (exact) mass is 406 g/mol. The number of nitrogens with two attached hydrogens (primary N) is 1. The Morgan fingerprint density at radius 2 is 2.00 bits per heavy atom. The molecule has 0 atom stereocenters. The van der Waals surface area contributed by atoms with Gasteiger partial charge in [-0.2, -0.15) is 5.10 Å². The van der Waals surface area contributed by atoms with Crippen LogP contribution in [0, 0.1) is 6.92 Å². The number of fused-ring (bicyclic) bond motifs is 1. The Bertz CT molecular complexity index is 1380. The fourth-order valence-electron chi connectivity index (χ4n) is 2.94. The van der Waals surface area contributed by atoms with Gasteiger partial charge in [-0.25, -0.2) is 14.3 Å². The molecule has 11 heteroatoms. The van der Waals surface area contributed by atoms with Crippen LogP contribution in [0.4, 0.5) is 0 Å². The van der Waals surface area contributed by atoms with Crippen molar-refractivity contribution in [3.63, 3.8) is 0 Å². The van der Waals surface area contributed by atoms with Crippen molar-refractivity contribution in [2.45, 2.75) is 17.2 Å². The molecule has 5 rings (SSSR count).